The number of halogens is 2. The van der Waals surface area contributed by atoms with Crippen molar-refractivity contribution < 1.29 is 28.2 Å². The van der Waals surface area contributed by atoms with E-state index in [4.69, 9.17) is 4.74 Å². The summed E-state index contributed by atoms with van der Waals surface area (Å²) in [6.07, 6.45) is -1.46. The van der Waals surface area contributed by atoms with Gasteiger partial charge in [-0.05, 0) is 28.7 Å². The number of carboxylic acid groups (broad SMARTS) is 1. The van der Waals surface area contributed by atoms with Gasteiger partial charge in [0.1, 0.15) is 12.6 Å². The standard InChI is InChI=1S/C22H19F2NO4/c23-22(24)11-21(22)9-18(19(26)27)25(12-21)20(28)29-10-17-15-7-3-1-5-13(15)14-6-2-4-8-16(14)17/h1-8,17-18H,9-12H2,(H,26,27)/t18-,21+/m0/s1. The third kappa shape index (κ3) is 2.63. The van der Waals surface area contributed by atoms with E-state index in [2.05, 4.69) is 0 Å². The summed E-state index contributed by atoms with van der Waals surface area (Å²) in [5, 5.41) is 9.41. The van der Waals surface area contributed by atoms with E-state index in [1.165, 1.54) is 0 Å². The van der Waals surface area contributed by atoms with Crippen molar-refractivity contribution in [2.24, 2.45) is 5.41 Å². The normalized spacial score (nSPS) is 26.3. The van der Waals surface area contributed by atoms with Crippen LogP contribution in [0.4, 0.5) is 13.6 Å². The Bertz CT molecular complexity index is 978. The highest BCUT2D eigenvalue weighted by Crippen LogP contribution is 2.66. The number of hydrogen-bond donors (Lipinski definition) is 1. The molecule has 150 valence electrons. The fourth-order valence-electron chi connectivity index (χ4n) is 4.84. The second-order valence-corrected chi connectivity index (χ2v) is 8.15. The van der Waals surface area contributed by atoms with Crippen LogP contribution in [0.25, 0.3) is 11.1 Å². The van der Waals surface area contributed by atoms with Crippen molar-refractivity contribution in [2.45, 2.75) is 30.7 Å². The lowest BCUT2D eigenvalue weighted by Crippen LogP contribution is -2.41. The van der Waals surface area contributed by atoms with Gasteiger partial charge in [0.25, 0.3) is 5.92 Å². The average molecular weight is 399 g/mol. The molecule has 3 aliphatic rings. The summed E-state index contributed by atoms with van der Waals surface area (Å²) in [5.74, 6) is -4.37. The number of benzene rings is 2. The Morgan fingerprint density at radius 3 is 2.14 bits per heavy atom. The van der Waals surface area contributed by atoms with Crippen LogP contribution in [0.5, 0.6) is 0 Å². The van der Waals surface area contributed by atoms with E-state index in [9.17, 15) is 23.5 Å². The van der Waals surface area contributed by atoms with Crippen molar-refractivity contribution in [1.82, 2.24) is 4.90 Å². The number of nitrogens with zero attached hydrogens (tertiary/aromatic N) is 1. The predicted molar refractivity (Wildman–Crippen MR) is 99.8 cm³/mol. The molecular formula is C22H19F2NO4. The first-order chi connectivity index (χ1) is 13.8. The van der Waals surface area contributed by atoms with Gasteiger partial charge in [-0.15, -0.1) is 0 Å². The number of likely N-dealkylation sites (tertiary alicyclic amines) is 1. The van der Waals surface area contributed by atoms with E-state index in [-0.39, 0.29) is 31.9 Å². The molecule has 0 radical (unpaired) electrons. The average Bonchev–Trinajstić information content (AvgIpc) is 3.00. The highest BCUT2D eigenvalue weighted by Gasteiger charge is 2.75. The van der Waals surface area contributed by atoms with Gasteiger partial charge in [-0.2, -0.15) is 0 Å². The van der Waals surface area contributed by atoms with Crippen LogP contribution in [-0.4, -0.2) is 47.2 Å². The van der Waals surface area contributed by atoms with Crippen LogP contribution in [0.15, 0.2) is 48.5 Å². The molecule has 0 aromatic heterocycles. The number of carbonyl (C=O) groups excluding carboxylic acids is 1. The number of carboxylic acids is 1. The number of hydrogen-bond acceptors (Lipinski definition) is 3. The Morgan fingerprint density at radius 2 is 1.62 bits per heavy atom. The Morgan fingerprint density at radius 1 is 1.07 bits per heavy atom. The zero-order chi connectivity index (χ0) is 20.4. The van der Waals surface area contributed by atoms with E-state index in [1.807, 2.05) is 48.5 Å². The van der Waals surface area contributed by atoms with Crippen molar-refractivity contribution in [3.05, 3.63) is 59.7 Å². The molecule has 0 unspecified atom stereocenters. The van der Waals surface area contributed by atoms with E-state index in [0.717, 1.165) is 27.2 Å². The number of aliphatic carboxylic acids is 1. The van der Waals surface area contributed by atoms with Crippen LogP contribution < -0.4 is 0 Å². The maximum absolute atomic E-state index is 13.8. The Labute approximate surface area is 165 Å². The molecule has 2 aromatic carbocycles. The van der Waals surface area contributed by atoms with E-state index in [0.29, 0.717) is 0 Å². The van der Waals surface area contributed by atoms with Gasteiger partial charge in [-0.25, -0.2) is 18.4 Å². The molecule has 2 fully saturated rings. The maximum atomic E-state index is 13.8. The summed E-state index contributed by atoms with van der Waals surface area (Å²) in [6.45, 7) is -0.257. The van der Waals surface area contributed by atoms with Crippen LogP contribution in [0.3, 0.4) is 0 Å². The number of fused-ring (bicyclic) bond motifs is 3. The first kappa shape index (κ1) is 18.1. The summed E-state index contributed by atoms with van der Waals surface area (Å²) < 4.78 is 33.0. The minimum atomic E-state index is -2.92. The first-order valence-electron chi connectivity index (χ1n) is 9.55. The molecule has 0 bridgehead atoms. The molecule has 1 aliphatic heterocycles. The molecule has 1 amide bonds. The molecule has 2 aliphatic carbocycles. The molecule has 2 aromatic rings. The Balaban J connectivity index is 1.35. The SMILES string of the molecule is O=C(O)[C@@H]1C[C@]2(CN1C(=O)OCC1c3ccccc3-c3ccccc31)CC2(F)F. The quantitative estimate of drug-likeness (QED) is 0.843. The zero-order valence-electron chi connectivity index (χ0n) is 15.5. The third-order valence-corrected chi connectivity index (χ3v) is 6.50. The second-order valence-electron chi connectivity index (χ2n) is 8.15. The minimum Gasteiger partial charge on any atom is -0.480 e. The van der Waals surface area contributed by atoms with Gasteiger partial charge < -0.3 is 9.84 Å². The van der Waals surface area contributed by atoms with Crippen LogP contribution >= 0.6 is 0 Å². The first-order valence-corrected chi connectivity index (χ1v) is 9.55. The molecule has 1 saturated carbocycles. The van der Waals surface area contributed by atoms with Crippen molar-refractivity contribution in [2.75, 3.05) is 13.2 Å². The third-order valence-electron chi connectivity index (χ3n) is 6.50. The molecule has 1 N–H and O–H groups in total. The number of carbonyl (C=O) groups is 2. The van der Waals surface area contributed by atoms with Gasteiger partial charge in [0, 0.05) is 18.9 Å². The fraction of sp³-hybridized carbons (Fsp3) is 0.364. The molecular weight excluding hydrogens is 380 g/mol. The lowest BCUT2D eigenvalue weighted by atomic mass is 9.98. The van der Waals surface area contributed by atoms with Gasteiger partial charge in [0.2, 0.25) is 0 Å². The van der Waals surface area contributed by atoms with Crippen LogP contribution in [0.2, 0.25) is 0 Å². The number of alkyl halides is 2. The lowest BCUT2D eigenvalue weighted by Gasteiger charge is -2.22. The highest BCUT2D eigenvalue weighted by atomic mass is 19.3. The molecule has 5 rings (SSSR count). The summed E-state index contributed by atoms with van der Waals surface area (Å²) in [7, 11) is 0. The van der Waals surface area contributed by atoms with Crippen LogP contribution in [0, 0.1) is 5.41 Å². The van der Waals surface area contributed by atoms with Crippen molar-refractivity contribution >= 4 is 12.1 Å². The molecule has 5 nitrogen and oxygen atoms in total. The van der Waals surface area contributed by atoms with Gasteiger partial charge in [-0.1, -0.05) is 48.5 Å². The van der Waals surface area contributed by atoms with Crippen molar-refractivity contribution in [1.29, 1.82) is 0 Å². The lowest BCUT2D eigenvalue weighted by molar-refractivity contribution is -0.141. The van der Waals surface area contributed by atoms with E-state index >= 15 is 0 Å². The topological polar surface area (TPSA) is 66.8 Å². The van der Waals surface area contributed by atoms with E-state index in [1.54, 1.807) is 0 Å². The largest absolute Gasteiger partial charge is 0.480 e. The molecule has 1 saturated heterocycles. The monoisotopic (exact) mass is 399 g/mol. The summed E-state index contributed by atoms with van der Waals surface area (Å²) in [6, 6.07) is 14.4. The van der Waals surface area contributed by atoms with Gasteiger partial charge in [0.15, 0.2) is 0 Å². The molecule has 2 atom stereocenters. The maximum Gasteiger partial charge on any atom is 0.410 e. The number of ether oxygens (including phenoxy) is 1. The van der Waals surface area contributed by atoms with Gasteiger partial charge in [0.05, 0.1) is 5.41 Å². The molecule has 1 heterocycles. The summed E-state index contributed by atoms with van der Waals surface area (Å²) in [5.41, 5.74) is 2.79. The summed E-state index contributed by atoms with van der Waals surface area (Å²) >= 11 is 0. The summed E-state index contributed by atoms with van der Waals surface area (Å²) in [4.78, 5) is 25.2. The highest BCUT2D eigenvalue weighted by molar-refractivity contribution is 5.82. The number of amides is 1. The predicted octanol–water partition coefficient (Wildman–Crippen LogP) is 4.12. The van der Waals surface area contributed by atoms with Crippen LogP contribution in [-0.2, 0) is 9.53 Å². The van der Waals surface area contributed by atoms with Crippen molar-refractivity contribution in [3.8, 4) is 11.1 Å². The van der Waals surface area contributed by atoms with Crippen molar-refractivity contribution in [3.63, 3.8) is 0 Å². The van der Waals surface area contributed by atoms with Crippen LogP contribution in [0.1, 0.15) is 29.9 Å². The Hall–Kier alpha value is -2.96. The van der Waals surface area contributed by atoms with Gasteiger partial charge in [-0.3, -0.25) is 4.90 Å². The fourth-order valence-corrected chi connectivity index (χ4v) is 4.84. The molecule has 29 heavy (non-hydrogen) atoms. The molecule has 1 spiro atoms. The zero-order valence-corrected chi connectivity index (χ0v) is 15.5. The van der Waals surface area contributed by atoms with E-state index < -0.39 is 29.4 Å². The van der Waals surface area contributed by atoms with Gasteiger partial charge >= 0.3 is 12.1 Å². The Kier molecular flexibility index (Phi) is 3.75. The smallest absolute Gasteiger partial charge is 0.410 e. The minimum absolute atomic E-state index is 0.0269. The number of rotatable bonds is 3. The molecule has 7 heteroatoms. The second kappa shape index (κ2) is 6.02.